The van der Waals surface area contributed by atoms with Gasteiger partial charge in [-0.1, -0.05) is 13.8 Å². The highest BCUT2D eigenvalue weighted by Crippen LogP contribution is 2.14. The molecule has 0 bridgehead atoms. The minimum absolute atomic E-state index is 0.154. The average molecular weight is 191 g/mol. The molecule has 0 unspecified atom stereocenters. The Morgan fingerprint density at radius 3 is 2.93 bits per heavy atom. The number of carbonyl (C=O) groups is 1. The molecule has 0 aliphatic carbocycles. The second kappa shape index (κ2) is 3.13. The largest absolute Gasteiger partial charge is 0.294 e. The molecular weight excluding hydrogens is 182 g/mol. The second-order valence-corrected chi connectivity index (χ2v) is 3.23. The molecule has 0 radical (unpaired) electrons. The van der Waals surface area contributed by atoms with Crippen LogP contribution in [0.1, 0.15) is 36.1 Å². The lowest BCUT2D eigenvalue weighted by atomic mass is 10.1. The first kappa shape index (κ1) is 8.74. The van der Waals surface area contributed by atoms with Gasteiger partial charge in [-0.25, -0.2) is 4.98 Å². The zero-order valence-corrected chi connectivity index (χ0v) is 7.88. The SMILES string of the molecule is CC(C)c1nc(C=O)nn2cnnc12. The Labute approximate surface area is 80.0 Å². The van der Waals surface area contributed by atoms with Crippen molar-refractivity contribution in [2.75, 3.05) is 0 Å². The highest BCUT2D eigenvalue weighted by atomic mass is 16.1. The highest BCUT2D eigenvalue weighted by Gasteiger charge is 2.12. The third-order valence-corrected chi connectivity index (χ3v) is 1.86. The van der Waals surface area contributed by atoms with Gasteiger partial charge in [-0.15, -0.1) is 15.3 Å². The van der Waals surface area contributed by atoms with Gasteiger partial charge in [0.1, 0.15) is 6.33 Å². The van der Waals surface area contributed by atoms with Crippen molar-refractivity contribution in [3.63, 3.8) is 0 Å². The van der Waals surface area contributed by atoms with Crippen LogP contribution in [0.2, 0.25) is 0 Å². The fourth-order valence-electron chi connectivity index (χ4n) is 1.22. The number of rotatable bonds is 2. The zero-order chi connectivity index (χ0) is 10.1. The van der Waals surface area contributed by atoms with Crippen LogP contribution in [0.15, 0.2) is 6.33 Å². The van der Waals surface area contributed by atoms with E-state index in [1.165, 1.54) is 10.8 Å². The fourth-order valence-corrected chi connectivity index (χ4v) is 1.22. The van der Waals surface area contributed by atoms with Crippen molar-refractivity contribution < 1.29 is 4.79 Å². The minimum atomic E-state index is 0.154. The van der Waals surface area contributed by atoms with Gasteiger partial charge in [-0.2, -0.15) is 4.52 Å². The lowest BCUT2D eigenvalue weighted by molar-refractivity contribution is 0.111. The maximum Gasteiger partial charge on any atom is 0.213 e. The van der Waals surface area contributed by atoms with Crippen LogP contribution in [0.5, 0.6) is 0 Å². The third kappa shape index (κ3) is 1.24. The first-order valence-corrected chi connectivity index (χ1v) is 4.25. The molecule has 14 heavy (non-hydrogen) atoms. The number of hydrogen-bond donors (Lipinski definition) is 0. The Morgan fingerprint density at radius 2 is 2.29 bits per heavy atom. The summed E-state index contributed by atoms with van der Waals surface area (Å²) in [5, 5.41) is 11.5. The first-order chi connectivity index (χ1) is 6.72. The van der Waals surface area contributed by atoms with Crippen LogP contribution in [-0.2, 0) is 0 Å². The molecule has 2 aromatic rings. The van der Waals surface area contributed by atoms with Gasteiger partial charge in [0.2, 0.25) is 5.82 Å². The van der Waals surface area contributed by atoms with Crippen molar-refractivity contribution in [3.8, 4) is 0 Å². The molecule has 0 atom stereocenters. The minimum Gasteiger partial charge on any atom is -0.294 e. The number of aldehydes is 1. The highest BCUT2D eigenvalue weighted by molar-refractivity contribution is 5.69. The molecule has 0 aliphatic rings. The molecule has 6 heteroatoms. The number of hydrogen-bond acceptors (Lipinski definition) is 5. The van der Waals surface area contributed by atoms with Gasteiger partial charge in [0, 0.05) is 0 Å². The van der Waals surface area contributed by atoms with E-state index in [0.717, 1.165) is 5.69 Å². The maximum atomic E-state index is 10.6. The number of fused-ring (bicyclic) bond motifs is 1. The number of carbonyl (C=O) groups excluding carboxylic acids is 1. The second-order valence-electron chi connectivity index (χ2n) is 3.23. The Kier molecular flexibility index (Phi) is 1.95. The van der Waals surface area contributed by atoms with Crippen molar-refractivity contribution in [2.45, 2.75) is 19.8 Å². The van der Waals surface area contributed by atoms with E-state index in [1.54, 1.807) is 0 Å². The van der Waals surface area contributed by atoms with Crippen LogP contribution in [0.3, 0.4) is 0 Å². The Balaban J connectivity index is 2.76. The summed E-state index contributed by atoms with van der Waals surface area (Å²) in [5.74, 6) is 0.337. The first-order valence-electron chi connectivity index (χ1n) is 4.25. The molecule has 0 N–H and O–H groups in total. The summed E-state index contributed by atoms with van der Waals surface area (Å²) < 4.78 is 1.46. The van der Waals surface area contributed by atoms with E-state index in [0.29, 0.717) is 11.9 Å². The van der Waals surface area contributed by atoms with E-state index in [2.05, 4.69) is 20.3 Å². The molecule has 0 saturated heterocycles. The van der Waals surface area contributed by atoms with Crippen LogP contribution >= 0.6 is 0 Å². The van der Waals surface area contributed by atoms with Crippen molar-refractivity contribution in [1.82, 2.24) is 24.8 Å². The molecule has 0 aliphatic heterocycles. The van der Waals surface area contributed by atoms with E-state index >= 15 is 0 Å². The standard InChI is InChI=1S/C8H9N5O/c1-5(2)7-8-11-9-4-13(8)12-6(3-14)10-7/h3-5H,1-2H3. The van der Waals surface area contributed by atoms with Gasteiger partial charge >= 0.3 is 0 Å². The Hall–Kier alpha value is -1.85. The summed E-state index contributed by atoms with van der Waals surface area (Å²) in [6, 6.07) is 0. The normalized spacial score (nSPS) is 11.1. The molecule has 72 valence electrons. The predicted octanol–water partition coefficient (Wildman–Crippen LogP) is 0.455. The van der Waals surface area contributed by atoms with Crippen LogP contribution in [-0.4, -0.2) is 31.1 Å². The topological polar surface area (TPSA) is 73.0 Å². The van der Waals surface area contributed by atoms with Crippen molar-refractivity contribution in [3.05, 3.63) is 17.8 Å². The Morgan fingerprint density at radius 1 is 1.50 bits per heavy atom. The molecule has 6 nitrogen and oxygen atoms in total. The lowest BCUT2D eigenvalue weighted by Gasteiger charge is -2.04. The van der Waals surface area contributed by atoms with E-state index in [9.17, 15) is 4.79 Å². The fraction of sp³-hybridized carbons (Fsp3) is 0.375. The van der Waals surface area contributed by atoms with Crippen LogP contribution in [0.25, 0.3) is 5.65 Å². The zero-order valence-electron chi connectivity index (χ0n) is 7.88. The van der Waals surface area contributed by atoms with Crippen LogP contribution in [0, 0.1) is 0 Å². The van der Waals surface area contributed by atoms with E-state index in [-0.39, 0.29) is 11.7 Å². The third-order valence-electron chi connectivity index (χ3n) is 1.86. The monoisotopic (exact) mass is 191 g/mol. The van der Waals surface area contributed by atoms with Gasteiger partial charge in [0.05, 0.1) is 5.69 Å². The molecular formula is C8H9N5O. The van der Waals surface area contributed by atoms with Gasteiger partial charge < -0.3 is 0 Å². The number of nitrogens with zero attached hydrogens (tertiary/aromatic N) is 5. The molecule has 0 saturated carbocycles. The molecule has 0 aromatic carbocycles. The molecule has 2 aromatic heterocycles. The predicted molar refractivity (Wildman–Crippen MR) is 48.1 cm³/mol. The Bertz CT molecular complexity index is 476. The van der Waals surface area contributed by atoms with Crippen molar-refractivity contribution >= 4 is 11.9 Å². The molecule has 0 spiro atoms. The summed E-state index contributed by atoms with van der Waals surface area (Å²) >= 11 is 0. The molecule has 0 fully saturated rings. The lowest BCUT2D eigenvalue weighted by Crippen LogP contribution is -2.06. The van der Waals surface area contributed by atoms with Crippen LogP contribution < -0.4 is 0 Å². The number of aromatic nitrogens is 5. The van der Waals surface area contributed by atoms with Crippen LogP contribution in [0.4, 0.5) is 0 Å². The van der Waals surface area contributed by atoms with Gasteiger partial charge in [0.15, 0.2) is 11.9 Å². The van der Waals surface area contributed by atoms with Crippen molar-refractivity contribution in [1.29, 1.82) is 0 Å². The van der Waals surface area contributed by atoms with E-state index in [4.69, 9.17) is 0 Å². The molecule has 0 amide bonds. The summed E-state index contributed by atoms with van der Waals surface area (Å²) in [5.41, 5.74) is 1.34. The summed E-state index contributed by atoms with van der Waals surface area (Å²) in [4.78, 5) is 14.7. The van der Waals surface area contributed by atoms with E-state index in [1.807, 2.05) is 13.8 Å². The molecule has 2 rings (SSSR count). The quantitative estimate of drug-likeness (QED) is 0.644. The van der Waals surface area contributed by atoms with Gasteiger partial charge in [-0.3, -0.25) is 4.79 Å². The summed E-state index contributed by atoms with van der Waals surface area (Å²) in [6.07, 6.45) is 2.07. The average Bonchev–Trinajstić information content (AvgIpc) is 2.63. The maximum absolute atomic E-state index is 10.6. The smallest absolute Gasteiger partial charge is 0.213 e. The molecule has 2 heterocycles. The van der Waals surface area contributed by atoms with Gasteiger partial charge in [0.25, 0.3) is 0 Å². The summed E-state index contributed by atoms with van der Waals surface area (Å²) in [7, 11) is 0. The van der Waals surface area contributed by atoms with Gasteiger partial charge in [-0.05, 0) is 5.92 Å². The van der Waals surface area contributed by atoms with Crippen molar-refractivity contribution in [2.24, 2.45) is 0 Å². The van der Waals surface area contributed by atoms with E-state index < -0.39 is 0 Å². The summed E-state index contributed by atoms with van der Waals surface area (Å²) in [6.45, 7) is 3.96.